The van der Waals surface area contributed by atoms with Gasteiger partial charge in [-0.3, -0.25) is 10.1 Å². The fourth-order valence-electron chi connectivity index (χ4n) is 1.72. The molecule has 0 radical (unpaired) electrons. The molecule has 0 aliphatic heterocycles. The number of nitro groups is 1. The Morgan fingerprint density at radius 2 is 1.80 bits per heavy atom. The van der Waals surface area contributed by atoms with Gasteiger partial charge in [0, 0.05) is 28.7 Å². The van der Waals surface area contributed by atoms with Crippen LogP contribution < -0.4 is 5.32 Å². The second-order valence-corrected chi connectivity index (χ2v) is 4.92. The van der Waals surface area contributed by atoms with E-state index in [1.807, 2.05) is 0 Å². The molecule has 0 bridgehead atoms. The van der Waals surface area contributed by atoms with E-state index in [1.54, 1.807) is 18.2 Å². The summed E-state index contributed by atoms with van der Waals surface area (Å²) in [4.78, 5) is 10.3. The van der Waals surface area contributed by atoms with Crippen LogP contribution in [0.1, 0.15) is 5.56 Å². The predicted molar refractivity (Wildman–Crippen MR) is 76.8 cm³/mol. The van der Waals surface area contributed by atoms with Gasteiger partial charge in [-0.25, -0.2) is 4.39 Å². The van der Waals surface area contributed by atoms with E-state index in [0.29, 0.717) is 10.0 Å². The van der Waals surface area contributed by atoms with Crippen LogP contribution in [0.2, 0.25) is 10.0 Å². The summed E-state index contributed by atoms with van der Waals surface area (Å²) in [5, 5.41) is 14.6. The Labute approximate surface area is 124 Å². The van der Waals surface area contributed by atoms with E-state index >= 15 is 0 Å². The third-order valence-corrected chi connectivity index (χ3v) is 3.00. The molecular weight excluding hydrogens is 306 g/mol. The molecule has 0 atom stereocenters. The molecule has 0 saturated heterocycles. The maximum Gasteiger partial charge on any atom is 0.292 e. The number of hydrogen-bond acceptors (Lipinski definition) is 3. The van der Waals surface area contributed by atoms with Crippen molar-refractivity contribution in [2.45, 2.75) is 6.54 Å². The molecule has 2 rings (SSSR count). The molecule has 104 valence electrons. The van der Waals surface area contributed by atoms with Crippen LogP contribution in [0.4, 0.5) is 15.8 Å². The van der Waals surface area contributed by atoms with Gasteiger partial charge in [0.15, 0.2) is 0 Å². The predicted octanol–water partition coefficient (Wildman–Crippen LogP) is 4.65. The lowest BCUT2D eigenvalue weighted by molar-refractivity contribution is -0.384. The van der Waals surface area contributed by atoms with Crippen molar-refractivity contribution < 1.29 is 9.31 Å². The Balaban J connectivity index is 2.22. The van der Waals surface area contributed by atoms with E-state index < -0.39 is 10.7 Å². The zero-order valence-corrected chi connectivity index (χ0v) is 11.6. The highest BCUT2D eigenvalue weighted by Crippen LogP contribution is 2.26. The first-order valence-electron chi connectivity index (χ1n) is 5.58. The molecule has 2 aromatic carbocycles. The second-order valence-electron chi connectivity index (χ2n) is 4.05. The Hall–Kier alpha value is -1.85. The van der Waals surface area contributed by atoms with Gasteiger partial charge in [0.1, 0.15) is 11.5 Å². The maximum atomic E-state index is 13.2. The SMILES string of the molecule is O=[N+]([O-])c1ccc(F)cc1NCc1cc(Cl)cc(Cl)c1. The van der Waals surface area contributed by atoms with Gasteiger partial charge in [0.05, 0.1) is 4.92 Å². The molecule has 0 heterocycles. The van der Waals surface area contributed by atoms with Crippen LogP contribution in [0.5, 0.6) is 0 Å². The van der Waals surface area contributed by atoms with Crippen molar-refractivity contribution in [1.29, 1.82) is 0 Å². The highest BCUT2D eigenvalue weighted by atomic mass is 35.5. The second kappa shape index (κ2) is 6.07. The zero-order chi connectivity index (χ0) is 14.7. The zero-order valence-electron chi connectivity index (χ0n) is 10.1. The van der Waals surface area contributed by atoms with Gasteiger partial charge in [-0.2, -0.15) is 0 Å². The van der Waals surface area contributed by atoms with E-state index in [1.165, 1.54) is 0 Å². The van der Waals surface area contributed by atoms with Gasteiger partial charge in [0.25, 0.3) is 5.69 Å². The number of hydrogen-bond donors (Lipinski definition) is 1. The minimum absolute atomic E-state index is 0.103. The Bertz CT molecular complexity index is 645. The third-order valence-electron chi connectivity index (χ3n) is 2.56. The largest absolute Gasteiger partial charge is 0.375 e. The van der Waals surface area contributed by atoms with Crippen molar-refractivity contribution in [3.05, 3.63) is 67.9 Å². The first kappa shape index (κ1) is 14.6. The average Bonchev–Trinajstić information content (AvgIpc) is 2.35. The lowest BCUT2D eigenvalue weighted by Crippen LogP contribution is -2.03. The van der Waals surface area contributed by atoms with Gasteiger partial charge in [-0.15, -0.1) is 0 Å². The summed E-state index contributed by atoms with van der Waals surface area (Å²) in [7, 11) is 0. The summed E-state index contributed by atoms with van der Waals surface area (Å²) < 4.78 is 13.2. The van der Waals surface area contributed by atoms with Gasteiger partial charge in [-0.05, 0) is 29.8 Å². The van der Waals surface area contributed by atoms with Crippen molar-refractivity contribution in [2.24, 2.45) is 0 Å². The summed E-state index contributed by atoms with van der Waals surface area (Å²) in [5.41, 5.74) is 0.645. The van der Waals surface area contributed by atoms with Gasteiger partial charge in [0.2, 0.25) is 0 Å². The Kier molecular flexibility index (Phi) is 4.42. The van der Waals surface area contributed by atoms with Gasteiger partial charge < -0.3 is 5.32 Å². The number of anilines is 1. The molecule has 0 saturated carbocycles. The van der Waals surface area contributed by atoms with Crippen LogP contribution in [0.3, 0.4) is 0 Å². The van der Waals surface area contributed by atoms with Crippen molar-refractivity contribution in [3.8, 4) is 0 Å². The molecule has 0 fully saturated rings. The molecule has 0 aliphatic carbocycles. The first-order valence-corrected chi connectivity index (χ1v) is 6.34. The summed E-state index contributed by atoms with van der Waals surface area (Å²) in [5.74, 6) is -0.553. The molecule has 0 aromatic heterocycles. The molecule has 7 heteroatoms. The van der Waals surface area contributed by atoms with E-state index in [0.717, 1.165) is 23.8 Å². The van der Waals surface area contributed by atoms with E-state index in [-0.39, 0.29) is 17.9 Å². The normalized spacial score (nSPS) is 10.3. The van der Waals surface area contributed by atoms with Gasteiger partial charge >= 0.3 is 0 Å². The molecule has 20 heavy (non-hydrogen) atoms. The monoisotopic (exact) mass is 314 g/mol. The average molecular weight is 315 g/mol. The topological polar surface area (TPSA) is 55.2 Å². The molecule has 2 aromatic rings. The fourth-order valence-corrected chi connectivity index (χ4v) is 2.29. The highest BCUT2D eigenvalue weighted by Gasteiger charge is 2.14. The lowest BCUT2D eigenvalue weighted by Gasteiger charge is -2.08. The number of rotatable bonds is 4. The van der Waals surface area contributed by atoms with Crippen molar-refractivity contribution in [1.82, 2.24) is 0 Å². The Morgan fingerprint density at radius 1 is 1.15 bits per heavy atom. The first-order chi connectivity index (χ1) is 9.45. The van der Waals surface area contributed by atoms with Crippen LogP contribution in [0.15, 0.2) is 36.4 Å². The molecule has 0 amide bonds. The maximum absolute atomic E-state index is 13.2. The number of halogens is 3. The van der Waals surface area contributed by atoms with E-state index in [2.05, 4.69) is 5.32 Å². The number of nitrogens with zero attached hydrogens (tertiary/aromatic N) is 1. The molecule has 4 nitrogen and oxygen atoms in total. The summed E-state index contributed by atoms with van der Waals surface area (Å²) in [6.45, 7) is 0.241. The minimum Gasteiger partial charge on any atom is -0.375 e. The third kappa shape index (κ3) is 3.59. The molecule has 1 N–H and O–H groups in total. The molecule has 0 spiro atoms. The molecular formula is C13H9Cl2FN2O2. The smallest absolute Gasteiger partial charge is 0.292 e. The summed E-state index contributed by atoms with van der Waals surface area (Å²) in [6, 6.07) is 8.15. The summed E-state index contributed by atoms with van der Waals surface area (Å²) >= 11 is 11.7. The highest BCUT2D eigenvalue weighted by molar-refractivity contribution is 6.34. The van der Waals surface area contributed by atoms with Gasteiger partial charge in [-0.1, -0.05) is 23.2 Å². The van der Waals surface area contributed by atoms with Crippen molar-refractivity contribution in [3.63, 3.8) is 0 Å². The summed E-state index contributed by atoms with van der Waals surface area (Å²) in [6.07, 6.45) is 0. The number of nitro benzene ring substituents is 1. The quantitative estimate of drug-likeness (QED) is 0.660. The standard InChI is InChI=1S/C13H9Cl2FN2O2/c14-9-3-8(4-10(15)5-9)7-17-12-6-11(16)1-2-13(12)18(19)20/h1-6,17H,7H2. The molecule has 0 aliphatic rings. The van der Waals surface area contributed by atoms with Crippen LogP contribution >= 0.6 is 23.2 Å². The van der Waals surface area contributed by atoms with Crippen molar-refractivity contribution >= 4 is 34.6 Å². The van der Waals surface area contributed by atoms with Crippen LogP contribution in [0.25, 0.3) is 0 Å². The Morgan fingerprint density at radius 3 is 2.40 bits per heavy atom. The molecule has 0 unspecified atom stereocenters. The van der Waals surface area contributed by atoms with Crippen molar-refractivity contribution in [2.75, 3.05) is 5.32 Å². The van der Waals surface area contributed by atoms with Crippen LogP contribution in [-0.2, 0) is 6.54 Å². The number of benzene rings is 2. The van der Waals surface area contributed by atoms with Crippen LogP contribution in [-0.4, -0.2) is 4.92 Å². The number of nitrogens with one attached hydrogen (secondary N) is 1. The van der Waals surface area contributed by atoms with E-state index in [9.17, 15) is 14.5 Å². The lowest BCUT2D eigenvalue weighted by atomic mass is 10.2. The van der Waals surface area contributed by atoms with E-state index in [4.69, 9.17) is 23.2 Å². The fraction of sp³-hybridized carbons (Fsp3) is 0.0769. The minimum atomic E-state index is -0.577. The van der Waals surface area contributed by atoms with Crippen LogP contribution in [0, 0.1) is 15.9 Å².